The molecule has 1 atom stereocenters. The molecule has 2 aliphatic heterocycles. The number of methoxy groups -OCH3 is 2. The Morgan fingerprint density at radius 2 is 2.05 bits per heavy atom. The summed E-state index contributed by atoms with van der Waals surface area (Å²) in [6.45, 7) is 0.779. The molecule has 0 radical (unpaired) electrons. The van der Waals surface area contributed by atoms with Crippen LogP contribution in [0.2, 0.25) is 0 Å². The number of carbonyl (C=O) groups excluding carboxylic acids is 1. The zero-order valence-electron chi connectivity index (χ0n) is 10.8. The largest absolute Gasteiger partial charge is 0.493 e. The molecule has 1 aromatic rings. The Labute approximate surface area is 110 Å². The number of benzene rings is 1. The Hall–Kier alpha value is -2.08. The molecule has 100 valence electrons. The van der Waals surface area contributed by atoms with Gasteiger partial charge in [0.15, 0.2) is 11.5 Å². The molecule has 0 aromatic heterocycles. The Bertz CT molecular complexity index is 556. The zero-order valence-corrected chi connectivity index (χ0v) is 10.8. The van der Waals surface area contributed by atoms with E-state index in [0.717, 1.165) is 0 Å². The van der Waals surface area contributed by atoms with Gasteiger partial charge in [-0.3, -0.25) is 9.79 Å². The molecule has 1 amide bonds. The van der Waals surface area contributed by atoms with E-state index in [9.17, 15) is 4.79 Å². The molecule has 19 heavy (non-hydrogen) atoms. The predicted octanol–water partition coefficient (Wildman–Crippen LogP) is 1.22. The van der Waals surface area contributed by atoms with Crippen molar-refractivity contribution in [3.8, 4) is 11.5 Å². The highest BCUT2D eigenvalue weighted by atomic mass is 16.5. The molecule has 1 fully saturated rings. The lowest BCUT2D eigenvalue weighted by Gasteiger charge is -2.18. The summed E-state index contributed by atoms with van der Waals surface area (Å²) in [5.74, 6) is 0.976. The average molecular weight is 262 g/mol. The van der Waals surface area contributed by atoms with Crippen LogP contribution >= 0.6 is 0 Å². The highest BCUT2D eigenvalue weighted by molar-refractivity contribution is 6.03. The van der Waals surface area contributed by atoms with Crippen LogP contribution in [-0.4, -0.2) is 50.6 Å². The molecule has 2 heterocycles. The number of amides is 1. The van der Waals surface area contributed by atoms with Crippen molar-refractivity contribution in [3.63, 3.8) is 0 Å². The van der Waals surface area contributed by atoms with E-state index in [4.69, 9.17) is 14.2 Å². The molecule has 1 aromatic carbocycles. The van der Waals surface area contributed by atoms with Gasteiger partial charge in [-0.1, -0.05) is 0 Å². The minimum absolute atomic E-state index is 0.100. The smallest absolute Gasteiger partial charge is 0.258 e. The van der Waals surface area contributed by atoms with E-state index in [1.165, 1.54) is 7.11 Å². The first-order chi connectivity index (χ1) is 9.24. The first kappa shape index (κ1) is 12.0. The predicted molar refractivity (Wildman–Crippen MR) is 68.5 cm³/mol. The minimum Gasteiger partial charge on any atom is -0.493 e. The van der Waals surface area contributed by atoms with Gasteiger partial charge in [-0.2, -0.15) is 0 Å². The molecule has 0 spiro atoms. The molecule has 3 rings (SSSR count). The van der Waals surface area contributed by atoms with Gasteiger partial charge in [-0.15, -0.1) is 0 Å². The van der Waals surface area contributed by atoms with E-state index in [2.05, 4.69) is 4.99 Å². The van der Waals surface area contributed by atoms with Gasteiger partial charge in [-0.25, -0.2) is 0 Å². The van der Waals surface area contributed by atoms with Crippen LogP contribution in [0, 0.1) is 0 Å². The van der Waals surface area contributed by atoms with Crippen molar-refractivity contribution in [1.29, 1.82) is 0 Å². The summed E-state index contributed by atoms with van der Waals surface area (Å²) in [6, 6.07) is 3.28. The fourth-order valence-corrected chi connectivity index (χ4v) is 2.26. The van der Waals surface area contributed by atoms with Crippen LogP contribution in [0.4, 0.5) is 5.69 Å². The molecular weight excluding hydrogens is 248 g/mol. The third-order valence-corrected chi connectivity index (χ3v) is 3.30. The van der Waals surface area contributed by atoms with Gasteiger partial charge in [0, 0.05) is 12.3 Å². The first-order valence-electron chi connectivity index (χ1n) is 5.93. The first-order valence-corrected chi connectivity index (χ1v) is 5.93. The fraction of sp³-hybridized carbons (Fsp3) is 0.385. The van der Waals surface area contributed by atoms with Crippen LogP contribution < -0.4 is 9.47 Å². The molecular formula is C13H14N2O4. The standard InChI is InChI=1S/C13H14N2O4/c1-17-11-3-9-10(4-12(11)18-2)14-5-8-6-19-7-15(8)13(9)16/h3-5,8H,6-7H2,1-2H3. The zero-order chi connectivity index (χ0) is 13.4. The fourth-order valence-electron chi connectivity index (χ4n) is 2.26. The summed E-state index contributed by atoms with van der Waals surface area (Å²) in [5, 5.41) is 0. The van der Waals surface area contributed by atoms with Crippen molar-refractivity contribution in [2.45, 2.75) is 6.04 Å². The van der Waals surface area contributed by atoms with Gasteiger partial charge in [0.1, 0.15) is 6.73 Å². The van der Waals surface area contributed by atoms with Gasteiger partial charge < -0.3 is 19.1 Å². The van der Waals surface area contributed by atoms with E-state index < -0.39 is 0 Å². The van der Waals surface area contributed by atoms with Crippen LogP contribution in [0.25, 0.3) is 0 Å². The van der Waals surface area contributed by atoms with E-state index in [1.807, 2.05) is 0 Å². The van der Waals surface area contributed by atoms with Gasteiger partial charge in [-0.05, 0) is 6.07 Å². The second-order valence-corrected chi connectivity index (χ2v) is 4.34. The van der Waals surface area contributed by atoms with E-state index in [-0.39, 0.29) is 11.9 Å². The molecule has 2 aliphatic rings. The number of nitrogens with zero attached hydrogens (tertiary/aromatic N) is 2. The Kier molecular flexibility index (Phi) is 2.87. The molecule has 1 unspecified atom stereocenters. The molecule has 0 N–H and O–H groups in total. The monoisotopic (exact) mass is 262 g/mol. The maximum absolute atomic E-state index is 12.5. The molecule has 0 aliphatic carbocycles. The van der Waals surface area contributed by atoms with Crippen LogP contribution in [0.5, 0.6) is 11.5 Å². The van der Waals surface area contributed by atoms with Crippen LogP contribution in [-0.2, 0) is 4.74 Å². The molecule has 0 bridgehead atoms. The maximum Gasteiger partial charge on any atom is 0.258 e. The molecule has 1 saturated heterocycles. The highest BCUT2D eigenvalue weighted by Gasteiger charge is 2.33. The van der Waals surface area contributed by atoms with Gasteiger partial charge >= 0.3 is 0 Å². The third kappa shape index (κ3) is 1.84. The van der Waals surface area contributed by atoms with Gasteiger partial charge in [0.05, 0.1) is 38.1 Å². The average Bonchev–Trinajstić information content (AvgIpc) is 2.87. The quantitative estimate of drug-likeness (QED) is 0.804. The van der Waals surface area contributed by atoms with Crippen molar-refractivity contribution < 1.29 is 19.0 Å². The summed E-state index contributed by atoms with van der Waals surface area (Å²) in [7, 11) is 3.09. The normalized spacial score (nSPS) is 20.8. The van der Waals surface area contributed by atoms with Crippen LogP contribution in [0.1, 0.15) is 10.4 Å². The second-order valence-electron chi connectivity index (χ2n) is 4.34. The van der Waals surface area contributed by atoms with Crippen molar-refractivity contribution in [3.05, 3.63) is 17.7 Å². The summed E-state index contributed by atoms with van der Waals surface area (Å²) in [5.41, 5.74) is 1.10. The van der Waals surface area contributed by atoms with Gasteiger partial charge in [0.25, 0.3) is 5.91 Å². The van der Waals surface area contributed by atoms with Crippen LogP contribution in [0.3, 0.4) is 0 Å². The number of carbonyl (C=O) groups is 1. The third-order valence-electron chi connectivity index (χ3n) is 3.30. The molecule has 6 nitrogen and oxygen atoms in total. The minimum atomic E-state index is -0.101. The van der Waals surface area contributed by atoms with Crippen LogP contribution in [0.15, 0.2) is 17.1 Å². The summed E-state index contributed by atoms with van der Waals surface area (Å²) in [4.78, 5) is 18.5. The van der Waals surface area contributed by atoms with Crippen molar-refractivity contribution >= 4 is 17.8 Å². The van der Waals surface area contributed by atoms with Crippen molar-refractivity contribution in [1.82, 2.24) is 4.90 Å². The highest BCUT2D eigenvalue weighted by Crippen LogP contribution is 2.37. The van der Waals surface area contributed by atoms with E-state index in [1.54, 1.807) is 30.4 Å². The van der Waals surface area contributed by atoms with E-state index >= 15 is 0 Å². The number of aliphatic imine (C=N–C) groups is 1. The van der Waals surface area contributed by atoms with Crippen molar-refractivity contribution in [2.75, 3.05) is 27.6 Å². The number of hydrogen-bond acceptors (Lipinski definition) is 5. The van der Waals surface area contributed by atoms with Gasteiger partial charge in [0.2, 0.25) is 0 Å². The Balaban J connectivity index is 2.12. The second kappa shape index (κ2) is 4.55. The number of hydrogen-bond donors (Lipinski definition) is 0. The maximum atomic E-state index is 12.5. The molecule has 0 saturated carbocycles. The SMILES string of the molecule is COc1cc2c(cc1OC)C(=O)N1COCC1C=N2. The number of ether oxygens (including phenoxy) is 3. The summed E-state index contributed by atoms with van der Waals surface area (Å²) in [6.07, 6.45) is 1.74. The lowest BCUT2D eigenvalue weighted by atomic mass is 10.1. The lowest BCUT2D eigenvalue weighted by molar-refractivity contribution is 0.0684. The Morgan fingerprint density at radius 3 is 2.79 bits per heavy atom. The molecule has 6 heteroatoms. The topological polar surface area (TPSA) is 60.4 Å². The summed E-state index contributed by atoms with van der Waals surface area (Å²) < 4.78 is 15.7. The Morgan fingerprint density at radius 1 is 1.32 bits per heavy atom. The number of fused-ring (bicyclic) bond motifs is 2. The number of rotatable bonds is 2. The lowest BCUT2D eigenvalue weighted by Crippen LogP contribution is -2.36. The van der Waals surface area contributed by atoms with E-state index in [0.29, 0.717) is 36.1 Å². The summed E-state index contributed by atoms with van der Waals surface area (Å²) >= 11 is 0. The van der Waals surface area contributed by atoms with Crippen molar-refractivity contribution in [2.24, 2.45) is 4.99 Å².